The van der Waals surface area contributed by atoms with Crippen molar-refractivity contribution in [2.24, 2.45) is 0 Å². The number of fused-ring (bicyclic) bond motifs is 1. The van der Waals surface area contributed by atoms with E-state index in [-0.39, 0.29) is 0 Å². The molecule has 0 amide bonds. The first-order chi connectivity index (χ1) is 11.3. The van der Waals surface area contributed by atoms with Crippen molar-refractivity contribution < 1.29 is 4.74 Å². The van der Waals surface area contributed by atoms with Gasteiger partial charge in [-0.25, -0.2) is 0 Å². The van der Waals surface area contributed by atoms with E-state index in [1.807, 2.05) is 16.6 Å². The maximum atomic E-state index is 5.19. The molecule has 1 N–H and O–H groups in total. The van der Waals surface area contributed by atoms with E-state index in [0.29, 0.717) is 12.0 Å². The van der Waals surface area contributed by atoms with Gasteiger partial charge in [0.15, 0.2) is 11.5 Å². The second kappa shape index (κ2) is 6.41. The van der Waals surface area contributed by atoms with Crippen LogP contribution in [0.25, 0.3) is 5.65 Å². The summed E-state index contributed by atoms with van der Waals surface area (Å²) in [4.78, 5) is 2.46. The topological polar surface area (TPSA) is 67.6 Å². The smallest absolute Gasteiger partial charge is 0.178 e. The van der Waals surface area contributed by atoms with E-state index in [1.54, 1.807) is 7.11 Å². The summed E-state index contributed by atoms with van der Waals surface area (Å²) in [5.41, 5.74) is 0.836. The van der Waals surface area contributed by atoms with Gasteiger partial charge < -0.3 is 10.1 Å². The highest BCUT2D eigenvalue weighted by molar-refractivity contribution is 5.45. The number of rotatable bonds is 6. The minimum atomic E-state index is 0.436. The number of nitrogens with zero attached hydrogens (tertiary/aromatic N) is 5. The molecule has 1 aliphatic carbocycles. The highest BCUT2D eigenvalue weighted by Gasteiger charge is 2.29. The van der Waals surface area contributed by atoms with Crippen LogP contribution >= 0.6 is 0 Å². The average Bonchev–Trinajstić information content (AvgIpc) is 3.33. The SMILES string of the molecule is COCCN1CCC[C@@H](Nc2ccc3nnc(C4CC4)n3n2)C1. The van der Waals surface area contributed by atoms with Crippen LogP contribution < -0.4 is 5.32 Å². The summed E-state index contributed by atoms with van der Waals surface area (Å²) in [5.74, 6) is 2.47. The van der Waals surface area contributed by atoms with Crippen LogP contribution in [0.3, 0.4) is 0 Å². The number of anilines is 1. The van der Waals surface area contributed by atoms with Crippen molar-refractivity contribution in [2.75, 3.05) is 38.7 Å². The predicted octanol–water partition coefficient (Wildman–Crippen LogP) is 1.52. The zero-order chi connectivity index (χ0) is 15.6. The number of hydrogen-bond acceptors (Lipinski definition) is 6. The summed E-state index contributed by atoms with van der Waals surface area (Å²) in [6.45, 7) is 3.99. The fourth-order valence-electron chi connectivity index (χ4n) is 3.28. The van der Waals surface area contributed by atoms with Crippen molar-refractivity contribution in [2.45, 2.75) is 37.6 Å². The van der Waals surface area contributed by atoms with Crippen LogP contribution in [0.2, 0.25) is 0 Å². The number of aromatic nitrogens is 4. The van der Waals surface area contributed by atoms with Crippen molar-refractivity contribution in [1.29, 1.82) is 0 Å². The van der Waals surface area contributed by atoms with Gasteiger partial charge in [0, 0.05) is 32.2 Å². The minimum absolute atomic E-state index is 0.436. The molecule has 124 valence electrons. The molecular weight excluding hydrogens is 292 g/mol. The molecule has 0 bridgehead atoms. The monoisotopic (exact) mass is 316 g/mol. The van der Waals surface area contributed by atoms with Gasteiger partial charge in [-0.3, -0.25) is 4.90 Å². The van der Waals surface area contributed by atoms with E-state index >= 15 is 0 Å². The fraction of sp³-hybridized carbons (Fsp3) is 0.688. The first-order valence-electron chi connectivity index (χ1n) is 8.53. The molecule has 1 saturated carbocycles. The molecular formula is C16H24N6O. The lowest BCUT2D eigenvalue weighted by atomic mass is 10.1. The molecule has 0 aromatic carbocycles. The normalized spacial score (nSPS) is 22.6. The Morgan fingerprint density at radius 3 is 3.00 bits per heavy atom. The summed E-state index contributed by atoms with van der Waals surface area (Å²) in [6, 6.07) is 4.44. The standard InChI is InChI=1S/C16H24N6O/c1-23-10-9-21-8-2-3-13(11-21)17-14-6-7-15-18-19-16(12-4-5-12)22(15)20-14/h6-7,12-13H,2-5,8-11H2,1H3,(H,17,20)/t13-/m1/s1. The number of piperidine rings is 1. The van der Waals surface area contributed by atoms with Crippen LogP contribution in [0, 0.1) is 0 Å². The molecule has 1 saturated heterocycles. The molecule has 3 heterocycles. The van der Waals surface area contributed by atoms with Crippen molar-refractivity contribution in [3.8, 4) is 0 Å². The summed E-state index contributed by atoms with van der Waals surface area (Å²) in [6.07, 6.45) is 4.80. The highest BCUT2D eigenvalue weighted by atomic mass is 16.5. The van der Waals surface area contributed by atoms with Crippen LogP contribution in [0.4, 0.5) is 5.82 Å². The van der Waals surface area contributed by atoms with Gasteiger partial charge in [-0.1, -0.05) is 0 Å². The Balaban J connectivity index is 1.45. The van der Waals surface area contributed by atoms with Gasteiger partial charge in [0.25, 0.3) is 0 Å². The summed E-state index contributed by atoms with van der Waals surface area (Å²) in [7, 11) is 1.76. The Morgan fingerprint density at radius 1 is 1.26 bits per heavy atom. The van der Waals surface area contributed by atoms with Gasteiger partial charge in [-0.15, -0.1) is 15.3 Å². The third-order valence-corrected chi connectivity index (χ3v) is 4.70. The minimum Gasteiger partial charge on any atom is -0.383 e. The molecule has 7 nitrogen and oxygen atoms in total. The third-order valence-electron chi connectivity index (χ3n) is 4.70. The molecule has 0 unspecified atom stereocenters. The Hall–Kier alpha value is -1.73. The highest BCUT2D eigenvalue weighted by Crippen LogP contribution is 2.38. The zero-order valence-corrected chi connectivity index (χ0v) is 13.6. The summed E-state index contributed by atoms with van der Waals surface area (Å²) in [5, 5.41) is 16.8. The largest absolute Gasteiger partial charge is 0.383 e. The molecule has 0 spiro atoms. The van der Waals surface area contributed by atoms with E-state index < -0.39 is 0 Å². The number of nitrogens with one attached hydrogen (secondary N) is 1. The van der Waals surface area contributed by atoms with Gasteiger partial charge in [0.05, 0.1) is 6.61 Å². The predicted molar refractivity (Wildman–Crippen MR) is 87.7 cm³/mol. The van der Waals surface area contributed by atoms with E-state index in [0.717, 1.165) is 43.5 Å². The van der Waals surface area contributed by atoms with E-state index in [2.05, 4.69) is 20.4 Å². The quantitative estimate of drug-likeness (QED) is 0.871. The van der Waals surface area contributed by atoms with Gasteiger partial charge in [-0.2, -0.15) is 4.52 Å². The van der Waals surface area contributed by atoms with Crippen molar-refractivity contribution in [3.05, 3.63) is 18.0 Å². The van der Waals surface area contributed by atoms with Gasteiger partial charge in [0.1, 0.15) is 5.82 Å². The lowest BCUT2D eigenvalue weighted by molar-refractivity contribution is 0.131. The van der Waals surface area contributed by atoms with Crippen molar-refractivity contribution in [1.82, 2.24) is 24.7 Å². The van der Waals surface area contributed by atoms with Gasteiger partial charge in [-0.05, 0) is 44.4 Å². The molecule has 1 atom stereocenters. The summed E-state index contributed by atoms with van der Waals surface area (Å²) >= 11 is 0. The lowest BCUT2D eigenvalue weighted by Gasteiger charge is -2.33. The maximum absolute atomic E-state index is 5.19. The number of likely N-dealkylation sites (tertiary alicyclic amines) is 1. The van der Waals surface area contributed by atoms with Crippen molar-refractivity contribution >= 4 is 11.5 Å². The lowest BCUT2D eigenvalue weighted by Crippen LogP contribution is -2.43. The Morgan fingerprint density at radius 2 is 2.17 bits per heavy atom. The number of ether oxygens (including phenoxy) is 1. The molecule has 2 aromatic heterocycles. The molecule has 2 aromatic rings. The molecule has 0 radical (unpaired) electrons. The number of hydrogen-bond donors (Lipinski definition) is 1. The molecule has 2 aliphatic rings. The first kappa shape index (κ1) is 14.8. The molecule has 4 rings (SSSR count). The van der Waals surface area contributed by atoms with E-state index in [1.165, 1.54) is 25.7 Å². The van der Waals surface area contributed by atoms with Crippen LogP contribution in [0.15, 0.2) is 12.1 Å². The van der Waals surface area contributed by atoms with E-state index in [4.69, 9.17) is 9.84 Å². The number of methoxy groups -OCH3 is 1. The zero-order valence-electron chi connectivity index (χ0n) is 13.6. The molecule has 2 fully saturated rings. The third kappa shape index (κ3) is 3.30. The Bertz CT molecular complexity index is 668. The maximum Gasteiger partial charge on any atom is 0.178 e. The first-order valence-corrected chi connectivity index (χ1v) is 8.53. The van der Waals surface area contributed by atoms with Crippen LogP contribution in [0.5, 0.6) is 0 Å². The molecule has 23 heavy (non-hydrogen) atoms. The van der Waals surface area contributed by atoms with Gasteiger partial charge >= 0.3 is 0 Å². The van der Waals surface area contributed by atoms with Gasteiger partial charge in [0.2, 0.25) is 0 Å². The average molecular weight is 316 g/mol. The Labute approximate surface area is 136 Å². The van der Waals surface area contributed by atoms with E-state index in [9.17, 15) is 0 Å². The fourth-order valence-corrected chi connectivity index (χ4v) is 3.28. The molecule has 1 aliphatic heterocycles. The van der Waals surface area contributed by atoms with Crippen LogP contribution in [-0.4, -0.2) is 64.1 Å². The van der Waals surface area contributed by atoms with Crippen LogP contribution in [-0.2, 0) is 4.74 Å². The van der Waals surface area contributed by atoms with Crippen molar-refractivity contribution in [3.63, 3.8) is 0 Å². The molecule has 7 heteroatoms. The van der Waals surface area contributed by atoms with Crippen LogP contribution in [0.1, 0.15) is 37.4 Å². The summed E-state index contributed by atoms with van der Waals surface area (Å²) < 4.78 is 7.10. The Kier molecular flexibility index (Phi) is 4.13. The second-order valence-corrected chi connectivity index (χ2v) is 6.60. The second-order valence-electron chi connectivity index (χ2n) is 6.60.